The molecule has 0 radical (unpaired) electrons. The summed E-state index contributed by atoms with van der Waals surface area (Å²) in [6, 6.07) is 0. The topological polar surface area (TPSA) is 98.1 Å². The van der Waals surface area contributed by atoms with Crippen LogP contribution < -0.4 is 0 Å². The van der Waals surface area contributed by atoms with Crippen molar-refractivity contribution in [1.29, 1.82) is 1.43 Å². The second-order valence-electron chi connectivity index (χ2n) is 7.26. The van der Waals surface area contributed by atoms with Crippen molar-refractivity contribution in [3.05, 3.63) is 0 Å². The van der Waals surface area contributed by atoms with Gasteiger partial charge < -0.3 is 15.3 Å². The second kappa shape index (κ2) is 4.43. The van der Waals surface area contributed by atoms with Crippen LogP contribution in [0.1, 0.15) is 42.8 Å². The van der Waals surface area contributed by atoms with Gasteiger partial charge in [-0.3, -0.25) is 14.5 Å². The first kappa shape index (κ1) is 11.5. The van der Waals surface area contributed by atoms with Crippen molar-refractivity contribution in [2.75, 3.05) is 13.0 Å². The molecule has 114 valence electrons. The minimum Gasteiger partial charge on any atom is -0.481 e. The number of carbonyl (C=O) groups is 2. The zero-order chi connectivity index (χ0) is 17.8. The van der Waals surface area contributed by atoms with Crippen molar-refractivity contribution < 1.29 is 27.7 Å². The zero-order valence-corrected chi connectivity index (χ0v) is 12.0. The molecule has 0 aromatic rings. The Morgan fingerprint density at radius 1 is 1.30 bits per heavy atom. The Morgan fingerprint density at radius 3 is 2.45 bits per heavy atom. The Hall–Kier alpha value is -1.14. The molecule has 0 amide bonds. The van der Waals surface area contributed by atoms with Crippen molar-refractivity contribution in [2.45, 2.75) is 46.3 Å². The van der Waals surface area contributed by atoms with E-state index in [0.717, 1.165) is 4.90 Å². The maximum Gasteiger partial charge on any atom is 0.317 e. The van der Waals surface area contributed by atoms with Gasteiger partial charge in [0.15, 0.2) is 0 Å². The average molecular weight is 288 g/mol. The molecule has 4 atom stereocenters. The summed E-state index contributed by atoms with van der Waals surface area (Å²) in [5.41, 5.74) is -2.42. The van der Waals surface area contributed by atoms with Crippen LogP contribution in [0.4, 0.5) is 0 Å². The first-order valence-electron chi connectivity index (χ1n) is 8.06. The molecule has 1 aliphatic heterocycles. The maximum atomic E-state index is 11.7. The smallest absolute Gasteiger partial charge is 0.317 e. The van der Waals surface area contributed by atoms with Crippen molar-refractivity contribution in [1.82, 2.24) is 4.90 Å². The third-order valence-electron chi connectivity index (χ3n) is 4.63. The highest BCUT2D eigenvalue weighted by Crippen LogP contribution is 2.59. The van der Waals surface area contributed by atoms with Crippen molar-refractivity contribution >= 4 is 11.9 Å². The van der Waals surface area contributed by atoms with Gasteiger partial charge in [0, 0.05) is 12.0 Å². The number of aliphatic hydroxyl groups excluding tert-OH is 1. The fraction of sp³-hybridized carbons (Fsp3) is 0.857. The number of hydrogen-bond acceptors (Lipinski definition) is 4. The van der Waals surface area contributed by atoms with Gasteiger partial charge in [0.25, 0.3) is 0 Å². The minimum atomic E-state index is -2.69. The fourth-order valence-electron chi connectivity index (χ4n) is 4.52. The average Bonchev–Trinajstić information content (AvgIpc) is 2.35. The molecule has 6 nitrogen and oxygen atoms in total. The quantitative estimate of drug-likeness (QED) is 0.713. The van der Waals surface area contributed by atoms with Crippen molar-refractivity contribution in [3.63, 3.8) is 0 Å². The molecule has 20 heavy (non-hydrogen) atoms. The van der Waals surface area contributed by atoms with Gasteiger partial charge in [0.1, 0.15) is 6.23 Å². The normalized spacial score (nSPS) is 48.0. The van der Waals surface area contributed by atoms with E-state index in [1.807, 2.05) is 6.92 Å². The third-order valence-corrected chi connectivity index (χ3v) is 4.63. The van der Waals surface area contributed by atoms with Crippen LogP contribution >= 0.6 is 0 Å². The molecule has 1 aliphatic carbocycles. The van der Waals surface area contributed by atoms with Crippen LogP contribution in [0.5, 0.6) is 0 Å². The summed E-state index contributed by atoms with van der Waals surface area (Å²) < 4.78 is 23.1. The van der Waals surface area contributed by atoms with Crippen LogP contribution in [0.25, 0.3) is 0 Å². The highest BCUT2D eigenvalue weighted by atomic mass is 16.4. The first-order valence-corrected chi connectivity index (χ1v) is 6.65. The molecule has 0 unspecified atom stereocenters. The highest BCUT2D eigenvalue weighted by molar-refractivity contribution is 5.74. The molecule has 1 saturated heterocycles. The monoisotopic (exact) mass is 288 g/mol. The Bertz CT molecular complexity index is 545. The van der Waals surface area contributed by atoms with Crippen molar-refractivity contribution in [2.24, 2.45) is 16.2 Å². The lowest BCUT2D eigenvalue weighted by atomic mass is 9.52. The standard InChI is InChI=1S/C14H23NO5/c1-12-5-13(2,7-14(3,6-12)11(19)20)10(18)15(8-12)4-9(16)17/h10,18H,4-8H2,1-3H3,(H,16,17)(H,19,20)/t10-,12+,13-,14+/m0/s1/i4D2,18D. The summed E-state index contributed by atoms with van der Waals surface area (Å²) in [6.45, 7) is 2.57. The number of nitrogens with zero attached hydrogens (tertiary/aromatic N) is 1. The van der Waals surface area contributed by atoms with E-state index in [-0.39, 0.29) is 13.0 Å². The lowest BCUT2D eigenvalue weighted by Gasteiger charge is -2.60. The van der Waals surface area contributed by atoms with E-state index in [2.05, 4.69) is 0 Å². The Kier molecular flexibility index (Phi) is 2.55. The molecule has 2 aliphatic rings. The number of carboxylic acids is 2. The van der Waals surface area contributed by atoms with Crippen molar-refractivity contribution in [3.8, 4) is 0 Å². The van der Waals surface area contributed by atoms with Gasteiger partial charge in [-0.05, 0) is 31.6 Å². The van der Waals surface area contributed by atoms with E-state index in [1.165, 1.54) is 0 Å². The van der Waals surface area contributed by atoms with E-state index in [9.17, 15) is 19.8 Å². The van der Waals surface area contributed by atoms with E-state index in [0.29, 0.717) is 12.8 Å². The molecule has 2 bridgehead atoms. The van der Waals surface area contributed by atoms with Crippen LogP contribution in [-0.2, 0) is 9.59 Å². The zero-order valence-electron chi connectivity index (χ0n) is 15.0. The summed E-state index contributed by atoms with van der Waals surface area (Å²) in [4.78, 5) is 24.1. The van der Waals surface area contributed by atoms with E-state index in [4.69, 9.17) is 9.28 Å². The first-order chi connectivity index (χ1) is 10.3. The number of piperidine rings is 1. The number of aliphatic hydroxyl groups is 1. The van der Waals surface area contributed by atoms with E-state index < -0.39 is 40.9 Å². The number of likely N-dealkylation sites (tertiary alicyclic amines) is 1. The van der Waals surface area contributed by atoms with Crippen LogP contribution in [-0.4, -0.2) is 52.9 Å². The van der Waals surface area contributed by atoms with Gasteiger partial charge in [-0.2, -0.15) is 0 Å². The number of carboxylic acid groups (broad SMARTS) is 2. The number of aliphatic carboxylic acids is 2. The van der Waals surface area contributed by atoms with Gasteiger partial charge in [-0.1, -0.05) is 13.8 Å². The van der Waals surface area contributed by atoms with Gasteiger partial charge in [-0.15, -0.1) is 0 Å². The van der Waals surface area contributed by atoms with Crippen LogP contribution in [0.15, 0.2) is 0 Å². The van der Waals surface area contributed by atoms with Gasteiger partial charge in [0.2, 0.25) is 1.43 Å². The van der Waals surface area contributed by atoms with Gasteiger partial charge >= 0.3 is 11.9 Å². The molecule has 0 aromatic heterocycles. The summed E-state index contributed by atoms with van der Waals surface area (Å²) in [6.07, 6.45) is -0.0538. The summed E-state index contributed by atoms with van der Waals surface area (Å²) >= 11 is 0. The Morgan fingerprint density at radius 2 is 1.95 bits per heavy atom. The van der Waals surface area contributed by atoms with Gasteiger partial charge in [-0.25, -0.2) is 0 Å². The highest BCUT2D eigenvalue weighted by Gasteiger charge is 2.59. The molecular weight excluding hydrogens is 262 g/mol. The number of hydrogen-bond donors (Lipinski definition) is 3. The summed E-state index contributed by atoms with van der Waals surface area (Å²) in [5, 5.41) is 23.5. The molecule has 0 aromatic carbocycles. The Labute approximate surface area is 122 Å². The van der Waals surface area contributed by atoms with Gasteiger partial charge in [0.05, 0.1) is 14.7 Å². The number of rotatable bonds is 4. The predicted octanol–water partition coefficient (Wildman–Crippen LogP) is 0.992. The molecule has 2 rings (SSSR count). The maximum absolute atomic E-state index is 11.7. The lowest BCUT2D eigenvalue weighted by Crippen LogP contribution is -2.64. The summed E-state index contributed by atoms with van der Waals surface area (Å²) in [5.74, 6) is -2.58. The predicted molar refractivity (Wildman–Crippen MR) is 71.0 cm³/mol. The van der Waals surface area contributed by atoms with Crippen LogP contribution in [0.3, 0.4) is 0 Å². The largest absolute Gasteiger partial charge is 0.481 e. The summed E-state index contributed by atoms with van der Waals surface area (Å²) in [7, 11) is 0. The van der Waals surface area contributed by atoms with E-state index in [1.54, 1.807) is 13.8 Å². The van der Waals surface area contributed by atoms with Crippen LogP contribution in [0, 0.1) is 16.2 Å². The molecule has 3 N–H and O–H groups in total. The minimum absolute atomic E-state index is 0.0221. The molecule has 1 saturated carbocycles. The molecule has 1 heterocycles. The molecule has 0 spiro atoms. The lowest BCUT2D eigenvalue weighted by molar-refractivity contribution is -0.208. The second-order valence-corrected chi connectivity index (χ2v) is 7.26. The third kappa shape index (κ3) is 2.42. The number of fused-ring (bicyclic) bond motifs is 2. The van der Waals surface area contributed by atoms with Crippen LogP contribution in [0.2, 0.25) is 0 Å². The SMILES string of the molecule is [2H]O[C@@H]1N(C([2H])([2H])C(=O)O)C[C@@]2(C)C[C@@](C)(C(=O)O)C[C@]1(C)C2. The Balaban J connectivity index is 2.50. The molecule has 2 fully saturated rings. The molecular formula is C14H23NO5. The fourth-order valence-corrected chi connectivity index (χ4v) is 4.52. The van der Waals surface area contributed by atoms with E-state index >= 15 is 0 Å². The molecule has 6 heteroatoms.